The minimum atomic E-state index is -0.283. The van der Waals surface area contributed by atoms with Gasteiger partial charge in [0, 0.05) is 11.8 Å². The second-order valence-electron chi connectivity index (χ2n) is 5.31. The fourth-order valence-corrected chi connectivity index (χ4v) is 2.09. The normalized spacial score (nSPS) is 10.8. The number of hydrogen-bond donors (Lipinski definition) is 1. The number of halogens is 1. The average Bonchev–Trinajstić information content (AvgIpc) is 2.96. The standard InChI is InChI=1S/C17H17FN4O/c1-12(2)23-16-5-3-4-14(10-16)20-17-19-11-22(21-17)15-8-6-13(18)7-9-15/h3-12H,1-2H3,(H,20,21). The zero-order valence-corrected chi connectivity index (χ0v) is 12.9. The molecule has 1 N–H and O–H groups in total. The van der Waals surface area contributed by atoms with E-state index in [-0.39, 0.29) is 11.9 Å². The fourth-order valence-electron chi connectivity index (χ4n) is 2.09. The summed E-state index contributed by atoms with van der Waals surface area (Å²) in [6.45, 7) is 3.96. The van der Waals surface area contributed by atoms with Crippen molar-refractivity contribution in [2.75, 3.05) is 5.32 Å². The highest BCUT2D eigenvalue weighted by molar-refractivity contribution is 5.55. The second kappa shape index (κ2) is 6.48. The Morgan fingerprint density at radius 1 is 1.13 bits per heavy atom. The molecule has 0 saturated carbocycles. The summed E-state index contributed by atoms with van der Waals surface area (Å²) < 4.78 is 20.2. The van der Waals surface area contributed by atoms with Crippen molar-refractivity contribution < 1.29 is 9.13 Å². The molecule has 3 aromatic rings. The lowest BCUT2D eigenvalue weighted by Gasteiger charge is -2.10. The molecule has 23 heavy (non-hydrogen) atoms. The van der Waals surface area contributed by atoms with E-state index in [0.29, 0.717) is 5.95 Å². The number of nitrogens with one attached hydrogen (secondary N) is 1. The largest absolute Gasteiger partial charge is 0.491 e. The summed E-state index contributed by atoms with van der Waals surface area (Å²) in [5.41, 5.74) is 1.57. The molecule has 0 saturated heterocycles. The molecule has 0 unspecified atom stereocenters. The zero-order chi connectivity index (χ0) is 16.2. The molecule has 0 spiro atoms. The first-order valence-corrected chi connectivity index (χ1v) is 7.31. The molecule has 1 heterocycles. The maximum absolute atomic E-state index is 13.0. The van der Waals surface area contributed by atoms with E-state index < -0.39 is 0 Å². The van der Waals surface area contributed by atoms with Crippen LogP contribution in [0.4, 0.5) is 16.0 Å². The van der Waals surface area contributed by atoms with Gasteiger partial charge in [0.15, 0.2) is 0 Å². The van der Waals surface area contributed by atoms with Crippen LogP contribution in [0.15, 0.2) is 54.9 Å². The molecule has 0 radical (unpaired) electrons. The number of benzene rings is 2. The van der Waals surface area contributed by atoms with Crippen molar-refractivity contribution in [3.05, 3.63) is 60.7 Å². The Bertz CT molecular complexity index is 783. The molecule has 118 valence electrons. The highest BCUT2D eigenvalue weighted by Gasteiger charge is 2.05. The summed E-state index contributed by atoms with van der Waals surface area (Å²) in [4.78, 5) is 4.21. The maximum Gasteiger partial charge on any atom is 0.246 e. The van der Waals surface area contributed by atoms with Crippen molar-refractivity contribution in [3.8, 4) is 11.4 Å². The minimum Gasteiger partial charge on any atom is -0.491 e. The van der Waals surface area contributed by atoms with Crippen LogP contribution in [-0.2, 0) is 0 Å². The number of hydrogen-bond acceptors (Lipinski definition) is 4. The van der Waals surface area contributed by atoms with Crippen molar-refractivity contribution in [2.24, 2.45) is 0 Å². The molecule has 1 aromatic heterocycles. The van der Waals surface area contributed by atoms with E-state index >= 15 is 0 Å². The van der Waals surface area contributed by atoms with Gasteiger partial charge in [-0.15, -0.1) is 5.10 Å². The molecule has 2 aromatic carbocycles. The number of rotatable bonds is 5. The Kier molecular flexibility index (Phi) is 4.23. The van der Waals surface area contributed by atoms with E-state index in [1.54, 1.807) is 23.1 Å². The molecule has 3 rings (SSSR count). The van der Waals surface area contributed by atoms with Gasteiger partial charge in [0.2, 0.25) is 5.95 Å². The molecule has 5 nitrogen and oxygen atoms in total. The van der Waals surface area contributed by atoms with Crippen LogP contribution in [0.5, 0.6) is 5.75 Å². The van der Waals surface area contributed by atoms with Crippen LogP contribution in [0.1, 0.15) is 13.8 Å². The van der Waals surface area contributed by atoms with Crippen molar-refractivity contribution >= 4 is 11.6 Å². The molecule has 0 fully saturated rings. The SMILES string of the molecule is CC(C)Oc1cccc(Nc2ncn(-c3ccc(F)cc3)n2)c1. The number of nitrogens with zero attached hydrogens (tertiary/aromatic N) is 3. The van der Waals surface area contributed by atoms with Crippen LogP contribution in [0, 0.1) is 5.82 Å². The molecule has 0 aliphatic rings. The highest BCUT2D eigenvalue weighted by atomic mass is 19.1. The average molecular weight is 312 g/mol. The van der Waals surface area contributed by atoms with Crippen LogP contribution in [-0.4, -0.2) is 20.9 Å². The van der Waals surface area contributed by atoms with Crippen molar-refractivity contribution in [3.63, 3.8) is 0 Å². The van der Waals surface area contributed by atoms with E-state index in [1.165, 1.54) is 12.1 Å². The molecule has 0 atom stereocenters. The van der Waals surface area contributed by atoms with Gasteiger partial charge in [0.05, 0.1) is 11.8 Å². The van der Waals surface area contributed by atoms with Gasteiger partial charge < -0.3 is 10.1 Å². The molecular weight excluding hydrogens is 295 g/mol. The van der Waals surface area contributed by atoms with E-state index in [1.807, 2.05) is 38.1 Å². The first-order chi connectivity index (χ1) is 11.1. The van der Waals surface area contributed by atoms with Crippen LogP contribution < -0.4 is 10.1 Å². The monoisotopic (exact) mass is 312 g/mol. The predicted molar refractivity (Wildman–Crippen MR) is 86.8 cm³/mol. The number of ether oxygens (including phenoxy) is 1. The van der Waals surface area contributed by atoms with Gasteiger partial charge in [-0.05, 0) is 50.2 Å². The maximum atomic E-state index is 13.0. The van der Waals surface area contributed by atoms with Crippen LogP contribution in [0.3, 0.4) is 0 Å². The lowest BCUT2D eigenvalue weighted by molar-refractivity contribution is 0.242. The van der Waals surface area contributed by atoms with E-state index in [2.05, 4.69) is 15.4 Å². The third-order valence-electron chi connectivity index (χ3n) is 3.04. The summed E-state index contributed by atoms with van der Waals surface area (Å²) in [5, 5.41) is 7.45. The summed E-state index contributed by atoms with van der Waals surface area (Å²) in [6.07, 6.45) is 1.69. The lowest BCUT2D eigenvalue weighted by atomic mass is 10.3. The van der Waals surface area contributed by atoms with Crippen LogP contribution >= 0.6 is 0 Å². The molecule has 0 aliphatic heterocycles. The van der Waals surface area contributed by atoms with E-state index in [0.717, 1.165) is 17.1 Å². The molecule has 6 heteroatoms. The highest BCUT2D eigenvalue weighted by Crippen LogP contribution is 2.21. The Hall–Kier alpha value is -2.89. The summed E-state index contributed by atoms with van der Waals surface area (Å²) >= 11 is 0. The minimum absolute atomic E-state index is 0.112. The van der Waals surface area contributed by atoms with Gasteiger partial charge in [-0.25, -0.2) is 9.07 Å². The number of anilines is 2. The fraction of sp³-hybridized carbons (Fsp3) is 0.176. The van der Waals surface area contributed by atoms with Crippen LogP contribution in [0.2, 0.25) is 0 Å². The molecule has 0 amide bonds. The molecule has 0 aliphatic carbocycles. The summed E-state index contributed by atoms with van der Waals surface area (Å²) in [5.74, 6) is 0.952. The van der Waals surface area contributed by atoms with Gasteiger partial charge >= 0.3 is 0 Å². The quantitative estimate of drug-likeness (QED) is 0.775. The van der Waals surface area contributed by atoms with E-state index in [4.69, 9.17) is 4.74 Å². The molecule has 0 bridgehead atoms. The Labute approximate surface area is 133 Å². The second-order valence-corrected chi connectivity index (χ2v) is 5.31. The van der Waals surface area contributed by atoms with Gasteiger partial charge in [0.1, 0.15) is 17.9 Å². The van der Waals surface area contributed by atoms with Crippen molar-refractivity contribution in [2.45, 2.75) is 20.0 Å². The number of aromatic nitrogens is 3. The van der Waals surface area contributed by atoms with Crippen LogP contribution in [0.25, 0.3) is 5.69 Å². The van der Waals surface area contributed by atoms with Crippen molar-refractivity contribution in [1.82, 2.24) is 14.8 Å². The third kappa shape index (κ3) is 3.85. The Balaban J connectivity index is 1.75. The summed E-state index contributed by atoms with van der Waals surface area (Å²) in [6, 6.07) is 13.7. The van der Waals surface area contributed by atoms with Gasteiger partial charge in [-0.3, -0.25) is 0 Å². The van der Waals surface area contributed by atoms with E-state index in [9.17, 15) is 4.39 Å². The first-order valence-electron chi connectivity index (χ1n) is 7.31. The van der Waals surface area contributed by atoms with Gasteiger partial charge in [0.25, 0.3) is 0 Å². The first kappa shape index (κ1) is 15.0. The topological polar surface area (TPSA) is 52.0 Å². The Morgan fingerprint density at radius 3 is 2.65 bits per heavy atom. The predicted octanol–water partition coefficient (Wildman–Crippen LogP) is 3.94. The zero-order valence-electron chi connectivity index (χ0n) is 12.9. The van der Waals surface area contributed by atoms with Gasteiger partial charge in [-0.2, -0.15) is 4.98 Å². The smallest absolute Gasteiger partial charge is 0.246 e. The Morgan fingerprint density at radius 2 is 1.91 bits per heavy atom. The summed E-state index contributed by atoms with van der Waals surface area (Å²) in [7, 11) is 0. The van der Waals surface area contributed by atoms with Gasteiger partial charge in [-0.1, -0.05) is 6.07 Å². The third-order valence-corrected chi connectivity index (χ3v) is 3.04. The lowest BCUT2D eigenvalue weighted by Crippen LogP contribution is -2.05. The molecular formula is C17H17FN4O. The van der Waals surface area contributed by atoms with Crippen molar-refractivity contribution in [1.29, 1.82) is 0 Å².